The van der Waals surface area contributed by atoms with Crippen LogP contribution < -0.4 is 0 Å². The normalized spacial score (nSPS) is 11.2. The second-order valence-corrected chi connectivity index (χ2v) is 15.8. The molecule has 3 heterocycles. The number of halogens is 1. The molecule has 11 rings (SSSR count). The number of hydrogen-bond donors (Lipinski definition) is 0. The van der Waals surface area contributed by atoms with Crippen LogP contribution in [0.4, 0.5) is 4.39 Å². The molecule has 0 fully saturated rings. The van der Waals surface area contributed by atoms with Crippen molar-refractivity contribution in [1.82, 2.24) is 9.97 Å². The molecule has 0 atom stereocenters. The van der Waals surface area contributed by atoms with E-state index >= 15 is 0 Å². The van der Waals surface area contributed by atoms with E-state index in [0.29, 0.717) is 0 Å². The monoisotopic (exact) mass is 1000 g/mol. The number of aryl methyl sites for hydroxylation is 1. The number of fused-ring (bicyclic) bond motifs is 3. The Morgan fingerprint density at radius 2 is 1.03 bits per heavy atom. The van der Waals surface area contributed by atoms with Crippen LogP contribution in [0.5, 0.6) is 0 Å². The SMILES string of the molecule is Cc1cc(-c2ccccc2-c2ccc(-c3[c-]cc(F)cc3)nc2)cc(-c2ccccc2-c2cnc(-c3[c-]cccc3)cc2-c2ccc3c(c2)oc2cc(-c4ccccc4)ccc23)c1.[Ir]. The van der Waals surface area contributed by atoms with Crippen LogP contribution in [0.3, 0.4) is 0 Å². The van der Waals surface area contributed by atoms with Crippen molar-refractivity contribution in [1.29, 1.82) is 0 Å². The molecule has 5 heteroatoms. The summed E-state index contributed by atoms with van der Waals surface area (Å²) in [5.74, 6) is -0.319. The maximum absolute atomic E-state index is 13.6. The van der Waals surface area contributed by atoms with Crippen molar-refractivity contribution in [2.45, 2.75) is 6.92 Å². The third kappa shape index (κ3) is 7.77. The molecule has 0 unspecified atom stereocenters. The molecule has 0 bridgehead atoms. The molecular formula is C59H37FIrN2O-2. The molecule has 0 aliphatic heterocycles. The number of aromatic nitrogens is 2. The zero-order chi connectivity index (χ0) is 42.3. The molecule has 3 nitrogen and oxygen atoms in total. The summed E-state index contributed by atoms with van der Waals surface area (Å²) >= 11 is 0. The minimum Gasteiger partial charge on any atom is -0.456 e. The van der Waals surface area contributed by atoms with Crippen LogP contribution in [-0.2, 0) is 20.1 Å². The molecule has 0 saturated heterocycles. The first-order valence-electron chi connectivity index (χ1n) is 21.0. The van der Waals surface area contributed by atoms with Gasteiger partial charge in [0.1, 0.15) is 11.2 Å². The fraction of sp³-hybridized carbons (Fsp3) is 0.0169. The van der Waals surface area contributed by atoms with Crippen LogP contribution in [0.15, 0.2) is 211 Å². The summed E-state index contributed by atoms with van der Waals surface area (Å²) in [5.41, 5.74) is 19.0. The summed E-state index contributed by atoms with van der Waals surface area (Å²) < 4.78 is 20.2. The van der Waals surface area contributed by atoms with E-state index in [4.69, 9.17) is 14.4 Å². The van der Waals surface area contributed by atoms with E-state index in [0.717, 1.165) is 117 Å². The van der Waals surface area contributed by atoms with Crippen molar-refractivity contribution in [2.24, 2.45) is 0 Å². The average Bonchev–Trinajstić information content (AvgIpc) is 3.72. The van der Waals surface area contributed by atoms with E-state index in [1.54, 1.807) is 6.07 Å². The van der Waals surface area contributed by atoms with Gasteiger partial charge >= 0.3 is 0 Å². The summed E-state index contributed by atoms with van der Waals surface area (Å²) in [4.78, 5) is 9.81. The van der Waals surface area contributed by atoms with Crippen LogP contribution >= 0.6 is 0 Å². The van der Waals surface area contributed by atoms with Crippen molar-refractivity contribution in [3.8, 4) is 89.3 Å². The second kappa shape index (κ2) is 17.3. The van der Waals surface area contributed by atoms with Gasteiger partial charge in [0, 0.05) is 54.7 Å². The number of pyridine rings is 2. The molecule has 307 valence electrons. The van der Waals surface area contributed by atoms with Gasteiger partial charge in [-0.15, -0.1) is 65.7 Å². The van der Waals surface area contributed by atoms with Gasteiger partial charge in [0.25, 0.3) is 0 Å². The molecule has 8 aromatic carbocycles. The van der Waals surface area contributed by atoms with E-state index in [1.807, 2.05) is 48.8 Å². The number of furan rings is 1. The van der Waals surface area contributed by atoms with Crippen LogP contribution in [0.2, 0.25) is 0 Å². The Morgan fingerprint density at radius 3 is 1.70 bits per heavy atom. The van der Waals surface area contributed by atoms with Gasteiger partial charge in [-0.2, -0.15) is 0 Å². The van der Waals surface area contributed by atoms with E-state index in [1.165, 1.54) is 12.1 Å². The van der Waals surface area contributed by atoms with Gasteiger partial charge in [-0.1, -0.05) is 121 Å². The molecule has 0 spiro atoms. The zero-order valence-electron chi connectivity index (χ0n) is 34.6. The maximum Gasteiger partial charge on any atom is 0.136 e. The van der Waals surface area contributed by atoms with Crippen molar-refractivity contribution in [2.75, 3.05) is 0 Å². The van der Waals surface area contributed by atoms with Crippen LogP contribution in [0.1, 0.15) is 5.56 Å². The van der Waals surface area contributed by atoms with E-state index < -0.39 is 0 Å². The van der Waals surface area contributed by atoms with Crippen LogP contribution in [0, 0.1) is 24.9 Å². The Morgan fingerprint density at radius 1 is 0.422 bits per heavy atom. The Labute approximate surface area is 384 Å². The molecule has 3 aromatic heterocycles. The minimum atomic E-state index is -0.319. The molecule has 64 heavy (non-hydrogen) atoms. The van der Waals surface area contributed by atoms with Crippen molar-refractivity contribution in [3.05, 3.63) is 230 Å². The van der Waals surface area contributed by atoms with Gasteiger partial charge in [-0.3, -0.25) is 4.39 Å². The van der Waals surface area contributed by atoms with Gasteiger partial charge in [0.2, 0.25) is 0 Å². The van der Waals surface area contributed by atoms with Gasteiger partial charge < -0.3 is 14.4 Å². The maximum atomic E-state index is 13.6. The average molecular weight is 1000 g/mol. The van der Waals surface area contributed by atoms with Gasteiger partial charge in [-0.05, 0) is 115 Å². The van der Waals surface area contributed by atoms with Crippen LogP contribution in [-0.4, -0.2) is 9.97 Å². The molecule has 11 aromatic rings. The largest absolute Gasteiger partial charge is 0.456 e. The number of hydrogen-bond acceptors (Lipinski definition) is 3. The fourth-order valence-corrected chi connectivity index (χ4v) is 8.69. The van der Waals surface area contributed by atoms with Gasteiger partial charge in [0.05, 0.1) is 0 Å². The summed E-state index contributed by atoms with van der Waals surface area (Å²) in [5, 5.41) is 2.16. The number of rotatable bonds is 8. The number of nitrogens with zero attached hydrogens (tertiary/aromatic N) is 2. The van der Waals surface area contributed by atoms with E-state index in [9.17, 15) is 4.39 Å². The number of benzene rings is 8. The Kier molecular flexibility index (Phi) is 11.0. The molecule has 0 saturated carbocycles. The smallest absolute Gasteiger partial charge is 0.136 e. The van der Waals surface area contributed by atoms with Crippen molar-refractivity contribution in [3.63, 3.8) is 0 Å². The Hall–Kier alpha value is -7.56. The predicted molar refractivity (Wildman–Crippen MR) is 255 cm³/mol. The van der Waals surface area contributed by atoms with E-state index in [-0.39, 0.29) is 25.9 Å². The van der Waals surface area contributed by atoms with Crippen molar-refractivity contribution >= 4 is 21.9 Å². The molecule has 0 amide bonds. The molecule has 0 aliphatic carbocycles. The Bertz CT molecular complexity index is 3450. The van der Waals surface area contributed by atoms with Crippen LogP contribution in [0.25, 0.3) is 111 Å². The Balaban J connectivity index is 0.00000484. The summed E-state index contributed by atoms with van der Waals surface area (Å²) in [6.45, 7) is 2.15. The van der Waals surface area contributed by atoms with Crippen molar-refractivity contribution < 1.29 is 28.9 Å². The molecular weight excluding hydrogens is 964 g/mol. The second-order valence-electron chi connectivity index (χ2n) is 15.8. The summed E-state index contributed by atoms with van der Waals surface area (Å²) in [6, 6.07) is 72.2. The summed E-state index contributed by atoms with van der Waals surface area (Å²) in [7, 11) is 0. The molecule has 1 radical (unpaired) electrons. The van der Waals surface area contributed by atoms with Gasteiger partial charge in [-0.25, -0.2) is 0 Å². The summed E-state index contributed by atoms with van der Waals surface area (Å²) in [6.07, 6.45) is 3.89. The zero-order valence-corrected chi connectivity index (χ0v) is 37.0. The minimum absolute atomic E-state index is 0. The predicted octanol–water partition coefficient (Wildman–Crippen LogP) is 15.8. The third-order valence-corrected chi connectivity index (χ3v) is 11.7. The quantitative estimate of drug-likeness (QED) is 0.142. The first kappa shape index (κ1) is 40.5. The third-order valence-electron chi connectivity index (χ3n) is 11.7. The fourth-order valence-electron chi connectivity index (χ4n) is 8.69. The first-order chi connectivity index (χ1) is 31.0. The van der Waals surface area contributed by atoms with Gasteiger partial charge in [0.15, 0.2) is 0 Å². The molecule has 0 N–H and O–H groups in total. The van der Waals surface area contributed by atoms with E-state index in [2.05, 4.69) is 159 Å². The first-order valence-corrected chi connectivity index (χ1v) is 21.0. The topological polar surface area (TPSA) is 38.9 Å². The standard InChI is InChI=1S/C59H37FN2O.Ir/c1-38-30-45(49-17-9-8-16-48(49)44-24-29-56(61-36-44)41-20-25-47(60)26-21-41)32-46(31-38)50-18-10-11-19-51(50)55-37-62-57(40-14-6-3-7-15-40)35-54(55)43-23-28-53-52-27-22-42(39-12-4-2-5-13-39)33-58(52)63-59(53)34-43;/h2-14,16-20,22-37H,1H3;/q-2;. The molecule has 0 aliphatic rings.